The summed E-state index contributed by atoms with van der Waals surface area (Å²) in [6.07, 6.45) is 0.320. The Morgan fingerprint density at radius 1 is 1.85 bits per heavy atom. The van der Waals surface area contributed by atoms with Gasteiger partial charge in [0.15, 0.2) is 0 Å². The van der Waals surface area contributed by atoms with Gasteiger partial charge in [-0.15, -0.1) is 5.10 Å². The summed E-state index contributed by atoms with van der Waals surface area (Å²) in [7, 11) is 0. The Bertz CT molecular complexity index is 298. The molecule has 0 radical (unpaired) electrons. The Morgan fingerprint density at radius 3 is 3.00 bits per heavy atom. The van der Waals surface area contributed by atoms with Crippen molar-refractivity contribution in [1.82, 2.24) is 10.2 Å². The zero-order chi connectivity index (χ0) is 9.84. The maximum absolute atomic E-state index is 10.2. The van der Waals surface area contributed by atoms with Crippen molar-refractivity contribution in [2.75, 3.05) is 6.61 Å². The van der Waals surface area contributed by atoms with Crippen molar-refractivity contribution in [3.63, 3.8) is 0 Å². The predicted octanol–water partition coefficient (Wildman–Crippen LogP) is -0.820. The standard InChI is InChI=1S/C6H10N4O3/c7-4(3-11)1-5-2-6(9-8-5)10(12)13/h2,4,11H,1,3,7H2,(H,8,9). The zero-order valence-corrected chi connectivity index (χ0v) is 6.80. The second-order valence-electron chi connectivity index (χ2n) is 2.65. The predicted molar refractivity (Wildman–Crippen MR) is 44.0 cm³/mol. The molecule has 0 amide bonds. The molecular formula is C6H10N4O3. The molecule has 0 aromatic carbocycles. The molecule has 1 heterocycles. The molecule has 0 fully saturated rings. The van der Waals surface area contributed by atoms with Crippen LogP contribution < -0.4 is 5.73 Å². The van der Waals surface area contributed by atoms with E-state index in [1.54, 1.807) is 0 Å². The number of nitrogens with one attached hydrogen (secondary N) is 1. The van der Waals surface area contributed by atoms with E-state index in [4.69, 9.17) is 10.8 Å². The summed E-state index contributed by atoms with van der Waals surface area (Å²) < 4.78 is 0. The van der Waals surface area contributed by atoms with Crippen molar-refractivity contribution in [2.45, 2.75) is 12.5 Å². The minimum absolute atomic E-state index is 0.166. The third-order valence-electron chi connectivity index (χ3n) is 1.52. The van der Waals surface area contributed by atoms with Crippen molar-refractivity contribution < 1.29 is 10.0 Å². The molecule has 1 atom stereocenters. The molecule has 72 valence electrons. The highest BCUT2D eigenvalue weighted by atomic mass is 16.6. The molecule has 0 saturated heterocycles. The van der Waals surface area contributed by atoms with Crippen LogP contribution in [0.2, 0.25) is 0 Å². The van der Waals surface area contributed by atoms with E-state index in [1.807, 2.05) is 0 Å². The van der Waals surface area contributed by atoms with E-state index in [1.165, 1.54) is 6.07 Å². The summed E-state index contributed by atoms with van der Waals surface area (Å²) in [6, 6.07) is 0.873. The summed E-state index contributed by atoms with van der Waals surface area (Å²) in [6.45, 7) is -0.166. The first-order valence-corrected chi connectivity index (χ1v) is 3.68. The average Bonchev–Trinajstić information content (AvgIpc) is 2.52. The van der Waals surface area contributed by atoms with Gasteiger partial charge in [0.1, 0.15) is 0 Å². The van der Waals surface area contributed by atoms with Gasteiger partial charge in [-0.3, -0.25) is 0 Å². The highest BCUT2D eigenvalue weighted by Crippen LogP contribution is 2.08. The third-order valence-corrected chi connectivity index (χ3v) is 1.52. The molecule has 0 spiro atoms. The molecule has 0 saturated carbocycles. The Hall–Kier alpha value is -1.47. The maximum Gasteiger partial charge on any atom is 0.342 e. The minimum atomic E-state index is -0.568. The van der Waals surface area contributed by atoms with Crippen molar-refractivity contribution >= 4 is 5.82 Å². The zero-order valence-electron chi connectivity index (χ0n) is 6.80. The number of aromatic nitrogens is 2. The number of nitrogens with two attached hydrogens (primary N) is 1. The lowest BCUT2D eigenvalue weighted by Crippen LogP contribution is -2.26. The van der Waals surface area contributed by atoms with Gasteiger partial charge in [0, 0.05) is 12.5 Å². The van der Waals surface area contributed by atoms with Crippen molar-refractivity contribution in [2.24, 2.45) is 5.73 Å². The smallest absolute Gasteiger partial charge is 0.342 e. The number of nitro groups is 1. The molecule has 7 nitrogen and oxygen atoms in total. The molecule has 13 heavy (non-hydrogen) atoms. The molecule has 0 aliphatic carbocycles. The Kier molecular flexibility index (Phi) is 2.93. The van der Waals surface area contributed by atoms with Crippen molar-refractivity contribution in [3.05, 3.63) is 21.9 Å². The van der Waals surface area contributed by atoms with Gasteiger partial charge in [0.05, 0.1) is 18.4 Å². The van der Waals surface area contributed by atoms with Crippen LogP contribution in [-0.2, 0) is 6.42 Å². The van der Waals surface area contributed by atoms with Gasteiger partial charge in [-0.05, 0) is 4.92 Å². The summed E-state index contributed by atoms with van der Waals surface area (Å²) in [5.41, 5.74) is 5.90. The van der Waals surface area contributed by atoms with E-state index < -0.39 is 11.0 Å². The van der Waals surface area contributed by atoms with E-state index in [9.17, 15) is 10.1 Å². The number of aliphatic hydroxyl groups is 1. The monoisotopic (exact) mass is 186 g/mol. The number of H-pyrrole nitrogens is 1. The van der Waals surface area contributed by atoms with Crippen molar-refractivity contribution in [3.8, 4) is 0 Å². The van der Waals surface area contributed by atoms with Crippen LogP contribution in [0.1, 0.15) is 5.69 Å². The molecule has 0 bridgehead atoms. The number of rotatable bonds is 4. The second kappa shape index (κ2) is 3.97. The Morgan fingerprint density at radius 2 is 2.54 bits per heavy atom. The summed E-state index contributed by atoms with van der Waals surface area (Å²) in [4.78, 5) is 9.65. The SMILES string of the molecule is NC(CO)Cc1cc([N+](=O)[O-])[nH]n1. The van der Waals surface area contributed by atoms with Gasteiger partial charge in [0.25, 0.3) is 0 Å². The highest BCUT2D eigenvalue weighted by molar-refractivity contribution is 5.21. The topological polar surface area (TPSA) is 118 Å². The van der Waals surface area contributed by atoms with Gasteiger partial charge < -0.3 is 21.0 Å². The first-order chi connectivity index (χ1) is 6.13. The van der Waals surface area contributed by atoms with E-state index >= 15 is 0 Å². The van der Waals surface area contributed by atoms with E-state index in [0.717, 1.165) is 0 Å². The largest absolute Gasteiger partial charge is 0.395 e. The lowest BCUT2D eigenvalue weighted by molar-refractivity contribution is -0.389. The summed E-state index contributed by atoms with van der Waals surface area (Å²) in [5.74, 6) is -0.167. The fourth-order valence-electron chi connectivity index (χ4n) is 0.883. The van der Waals surface area contributed by atoms with Crippen LogP contribution in [0, 0.1) is 10.1 Å². The first kappa shape index (κ1) is 9.62. The lowest BCUT2D eigenvalue weighted by atomic mass is 10.2. The van der Waals surface area contributed by atoms with Crippen LogP contribution in [0.4, 0.5) is 5.82 Å². The van der Waals surface area contributed by atoms with Gasteiger partial charge in [0.2, 0.25) is 0 Å². The van der Waals surface area contributed by atoms with Crippen LogP contribution in [0.15, 0.2) is 6.07 Å². The van der Waals surface area contributed by atoms with Crippen LogP contribution in [-0.4, -0.2) is 32.9 Å². The first-order valence-electron chi connectivity index (χ1n) is 3.68. The molecule has 7 heteroatoms. The quantitative estimate of drug-likeness (QED) is 0.419. The van der Waals surface area contributed by atoms with Crippen LogP contribution in [0.5, 0.6) is 0 Å². The number of hydrogen-bond acceptors (Lipinski definition) is 5. The molecule has 1 aromatic heterocycles. The van der Waals surface area contributed by atoms with Gasteiger partial charge in [-0.1, -0.05) is 5.10 Å². The normalized spacial score (nSPS) is 12.8. The van der Waals surface area contributed by atoms with Gasteiger partial charge >= 0.3 is 5.82 Å². The third kappa shape index (κ3) is 2.49. The molecule has 1 aromatic rings. The fraction of sp³-hybridized carbons (Fsp3) is 0.500. The number of hydrogen-bond donors (Lipinski definition) is 3. The number of aromatic amines is 1. The molecule has 0 aliphatic rings. The van der Waals surface area contributed by atoms with E-state index in [2.05, 4.69) is 10.2 Å². The van der Waals surface area contributed by atoms with Crippen LogP contribution in [0.25, 0.3) is 0 Å². The minimum Gasteiger partial charge on any atom is -0.395 e. The fourth-order valence-corrected chi connectivity index (χ4v) is 0.883. The Labute approximate surface area is 73.7 Å². The molecule has 1 rings (SSSR count). The number of nitrogens with zero attached hydrogens (tertiary/aromatic N) is 2. The Balaban J connectivity index is 2.64. The molecule has 0 aliphatic heterocycles. The highest BCUT2D eigenvalue weighted by Gasteiger charge is 2.11. The maximum atomic E-state index is 10.2. The van der Waals surface area contributed by atoms with E-state index in [0.29, 0.717) is 12.1 Å². The molecule has 1 unspecified atom stereocenters. The van der Waals surface area contributed by atoms with E-state index in [-0.39, 0.29) is 12.4 Å². The summed E-state index contributed by atoms with van der Waals surface area (Å²) in [5, 5.41) is 24.8. The van der Waals surface area contributed by atoms with Gasteiger partial charge in [-0.2, -0.15) is 0 Å². The molecular weight excluding hydrogens is 176 g/mol. The average molecular weight is 186 g/mol. The second-order valence-corrected chi connectivity index (χ2v) is 2.65. The summed E-state index contributed by atoms with van der Waals surface area (Å²) >= 11 is 0. The molecule has 4 N–H and O–H groups in total. The lowest BCUT2D eigenvalue weighted by Gasteiger charge is -2.02. The van der Waals surface area contributed by atoms with Crippen LogP contribution in [0.3, 0.4) is 0 Å². The van der Waals surface area contributed by atoms with Crippen molar-refractivity contribution in [1.29, 1.82) is 0 Å². The van der Waals surface area contributed by atoms with Crippen LogP contribution >= 0.6 is 0 Å². The number of aliphatic hydroxyl groups excluding tert-OH is 1. The van der Waals surface area contributed by atoms with Gasteiger partial charge in [-0.25, -0.2) is 0 Å².